The van der Waals surface area contributed by atoms with Gasteiger partial charge in [0.2, 0.25) is 0 Å². The number of hydrogen-bond donors (Lipinski definition) is 1. The SMILES string of the molecule is O=C(NCCc1ccccn1)c1csc(CN2CCN(C(=O)c3ccco3)CC2)n1. The van der Waals surface area contributed by atoms with E-state index in [-0.39, 0.29) is 11.8 Å². The van der Waals surface area contributed by atoms with Crippen molar-refractivity contribution in [2.24, 2.45) is 0 Å². The number of amides is 2. The molecule has 156 valence electrons. The minimum Gasteiger partial charge on any atom is -0.459 e. The molecule has 4 rings (SSSR count). The molecule has 0 bridgehead atoms. The second kappa shape index (κ2) is 9.64. The molecule has 1 fully saturated rings. The summed E-state index contributed by atoms with van der Waals surface area (Å²) >= 11 is 1.48. The quantitative estimate of drug-likeness (QED) is 0.623. The summed E-state index contributed by atoms with van der Waals surface area (Å²) in [5, 5.41) is 5.59. The summed E-state index contributed by atoms with van der Waals surface area (Å²) in [6, 6.07) is 9.15. The van der Waals surface area contributed by atoms with Crippen LogP contribution >= 0.6 is 11.3 Å². The van der Waals surface area contributed by atoms with Gasteiger partial charge in [-0.3, -0.25) is 19.5 Å². The molecule has 9 heteroatoms. The minimum atomic E-state index is -0.165. The fourth-order valence-corrected chi connectivity index (χ4v) is 4.10. The molecule has 8 nitrogen and oxygen atoms in total. The average molecular weight is 426 g/mol. The standard InChI is InChI=1S/C21H23N5O3S/c27-20(23-8-6-16-4-1-2-7-22-16)17-15-30-19(24-17)14-25-9-11-26(12-10-25)21(28)18-5-3-13-29-18/h1-5,7,13,15H,6,8-12,14H2,(H,23,27). The Labute approximate surface area is 178 Å². The van der Waals surface area contributed by atoms with E-state index < -0.39 is 0 Å². The van der Waals surface area contributed by atoms with Crippen LogP contribution in [-0.4, -0.2) is 64.3 Å². The highest BCUT2D eigenvalue weighted by Gasteiger charge is 2.24. The van der Waals surface area contributed by atoms with Crippen LogP contribution in [0.4, 0.5) is 0 Å². The molecule has 0 aromatic carbocycles. The van der Waals surface area contributed by atoms with Crippen molar-refractivity contribution in [2.75, 3.05) is 32.7 Å². The first kappa shape index (κ1) is 20.2. The Balaban J connectivity index is 1.22. The number of thiazole rings is 1. The van der Waals surface area contributed by atoms with Crippen LogP contribution < -0.4 is 5.32 Å². The number of nitrogens with zero attached hydrogens (tertiary/aromatic N) is 4. The summed E-state index contributed by atoms with van der Waals surface area (Å²) in [5.41, 5.74) is 1.39. The maximum Gasteiger partial charge on any atom is 0.289 e. The number of furan rings is 1. The molecule has 0 unspecified atom stereocenters. The first-order valence-electron chi connectivity index (χ1n) is 9.87. The molecule has 1 aliphatic rings. The third-order valence-corrected chi connectivity index (χ3v) is 5.76. The van der Waals surface area contributed by atoms with Crippen molar-refractivity contribution in [3.05, 3.63) is 70.3 Å². The monoisotopic (exact) mass is 425 g/mol. The van der Waals surface area contributed by atoms with E-state index in [1.807, 2.05) is 18.2 Å². The molecule has 2 amide bonds. The summed E-state index contributed by atoms with van der Waals surface area (Å²) in [7, 11) is 0. The van der Waals surface area contributed by atoms with Crippen LogP contribution in [0, 0.1) is 0 Å². The van der Waals surface area contributed by atoms with E-state index >= 15 is 0 Å². The number of aromatic nitrogens is 2. The summed E-state index contributed by atoms with van der Waals surface area (Å²) in [6.07, 6.45) is 3.94. The molecule has 3 aromatic heterocycles. The second-order valence-corrected chi connectivity index (χ2v) is 7.94. The highest BCUT2D eigenvalue weighted by atomic mass is 32.1. The summed E-state index contributed by atoms with van der Waals surface area (Å²) in [5.74, 6) is 0.142. The van der Waals surface area contributed by atoms with Gasteiger partial charge >= 0.3 is 0 Å². The predicted octanol–water partition coefficient (Wildman–Crippen LogP) is 2.06. The van der Waals surface area contributed by atoms with Gasteiger partial charge in [0, 0.05) is 56.4 Å². The molecule has 0 aliphatic carbocycles. The molecule has 0 spiro atoms. The number of carbonyl (C=O) groups excluding carboxylic acids is 2. The fraction of sp³-hybridized carbons (Fsp3) is 0.333. The van der Waals surface area contributed by atoms with Crippen molar-refractivity contribution in [3.8, 4) is 0 Å². The van der Waals surface area contributed by atoms with Crippen LogP contribution in [0.25, 0.3) is 0 Å². The third kappa shape index (κ3) is 5.11. The Bertz CT molecular complexity index is 966. The van der Waals surface area contributed by atoms with E-state index in [4.69, 9.17) is 4.42 Å². The molecular weight excluding hydrogens is 402 g/mol. The van der Waals surface area contributed by atoms with E-state index in [0.717, 1.165) is 23.8 Å². The van der Waals surface area contributed by atoms with Crippen molar-refractivity contribution >= 4 is 23.2 Å². The normalized spacial score (nSPS) is 14.6. The van der Waals surface area contributed by atoms with Crippen LogP contribution in [0.3, 0.4) is 0 Å². The number of nitrogens with one attached hydrogen (secondary N) is 1. The topological polar surface area (TPSA) is 91.6 Å². The molecule has 4 heterocycles. The zero-order valence-corrected chi connectivity index (χ0v) is 17.3. The van der Waals surface area contributed by atoms with Gasteiger partial charge in [0.1, 0.15) is 10.7 Å². The Morgan fingerprint density at radius 1 is 1.13 bits per heavy atom. The Kier molecular flexibility index (Phi) is 6.50. The number of pyridine rings is 1. The fourth-order valence-electron chi connectivity index (χ4n) is 3.28. The van der Waals surface area contributed by atoms with E-state index in [2.05, 4.69) is 20.2 Å². The Morgan fingerprint density at radius 2 is 2.00 bits per heavy atom. The van der Waals surface area contributed by atoms with E-state index in [1.54, 1.807) is 28.6 Å². The van der Waals surface area contributed by atoms with Gasteiger partial charge in [-0.2, -0.15) is 0 Å². The summed E-state index contributed by atoms with van der Waals surface area (Å²) in [4.78, 5) is 37.4. The van der Waals surface area contributed by atoms with Gasteiger partial charge in [-0.1, -0.05) is 6.07 Å². The van der Waals surface area contributed by atoms with Crippen LogP contribution in [0.1, 0.15) is 31.7 Å². The van der Waals surface area contributed by atoms with Crippen molar-refractivity contribution in [3.63, 3.8) is 0 Å². The first-order chi connectivity index (χ1) is 14.7. The van der Waals surface area contributed by atoms with Crippen LogP contribution in [0.5, 0.6) is 0 Å². The van der Waals surface area contributed by atoms with Crippen molar-refractivity contribution < 1.29 is 14.0 Å². The van der Waals surface area contributed by atoms with Gasteiger partial charge in [0.15, 0.2) is 5.76 Å². The van der Waals surface area contributed by atoms with Gasteiger partial charge in [0.25, 0.3) is 11.8 Å². The Hall–Kier alpha value is -3.04. The van der Waals surface area contributed by atoms with Gasteiger partial charge in [-0.15, -0.1) is 11.3 Å². The molecule has 0 atom stereocenters. The highest BCUT2D eigenvalue weighted by Crippen LogP contribution is 2.15. The summed E-state index contributed by atoms with van der Waals surface area (Å²) in [6.45, 7) is 4.01. The highest BCUT2D eigenvalue weighted by molar-refractivity contribution is 7.09. The van der Waals surface area contributed by atoms with Gasteiger partial charge in [-0.05, 0) is 24.3 Å². The largest absolute Gasteiger partial charge is 0.459 e. The molecule has 0 radical (unpaired) electrons. The van der Waals surface area contributed by atoms with Crippen molar-refractivity contribution in [2.45, 2.75) is 13.0 Å². The number of rotatable bonds is 7. The molecule has 3 aromatic rings. The molecule has 1 aliphatic heterocycles. The zero-order valence-electron chi connectivity index (χ0n) is 16.5. The van der Waals surface area contributed by atoms with Gasteiger partial charge in [0.05, 0.1) is 12.8 Å². The Morgan fingerprint density at radius 3 is 2.73 bits per heavy atom. The third-order valence-electron chi connectivity index (χ3n) is 4.93. The van der Waals surface area contributed by atoms with E-state index in [1.165, 1.54) is 17.6 Å². The van der Waals surface area contributed by atoms with Gasteiger partial charge < -0.3 is 14.6 Å². The number of carbonyl (C=O) groups is 2. The van der Waals surface area contributed by atoms with Gasteiger partial charge in [-0.25, -0.2) is 4.98 Å². The lowest BCUT2D eigenvalue weighted by Crippen LogP contribution is -2.48. The van der Waals surface area contributed by atoms with Crippen LogP contribution in [-0.2, 0) is 13.0 Å². The minimum absolute atomic E-state index is 0.0708. The van der Waals surface area contributed by atoms with Crippen LogP contribution in [0.15, 0.2) is 52.6 Å². The van der Waals surface area contributed by atoms with E-state index in [9.17, 15) is 9.59 Å². The maximum atomic E-state index is 12.3. The number of hydrogen-bond acceptors (Lipinski definition) is 7. The molecule has 1 saturated heterocycles. The zero-order chi connectivity index (χ0) is 20.8. The number of piperazine rings is 1. The van der Waals surface area contributed by atoms with Crippen LogP contribution in [0.2, 0.25) is 0 Å². The molecular formula is C21H23N5O3S. The maximum absolute atomic E-state index is 12.3. The smallest absolute Gasteiger partial charge is 0.289 e. The lowest BCUT2D eigenvalue weighted by molar-refractivity contribution is 0.0597. The summed E-state index contributed by atoms with van der Waals surface area (Å²) < 4.78 is 5.19. The lowest BCUT2D eigenvalue weighted by atomic mass is 10.2. The first-order valence-corrected chi connectivity index (χ1v) is 10.7. The molecule has 30 heavy (non-hydrogen) atoms. The predicted molar refractivity (Wildman–Crippen MR) is 112 cm³/mol. The lowest BCUT2D eigenvalue weighted by Gasteiger charge is -2.33. The van der Waals surface area contributed by atoms with Crippen molar-refractivity contribution in [1.82, 2.24) is 25.1 Å². The molecule has 1 N–H and O–H groups in total. The van der Waals surface area contributed by atoms with Crippen molar-refractivity contribution in [1.29, 1.82) is 0 Å². The average Bonchev–Trinajstić information content (AvgIpc) is 3.47. The second-order valence-electron chi connectivity index (χ2n) is 7.00. The van der Waals surface area contributed by atoms with E-state index in [0.29, 0.717) is 44.1 Å². The molecule has 0 saturated carbocycles.